The van der Waals surface area contributed by atoms with Gasteiger partial charge in [0, 0.05) is 126 Å². The Hall–Kier alpha value is -9.01. The number of unbranched alkanes of at least 4 members (excludes halogenated alkanes) is 3. The Morgan fingerprint density at radius 3 is 1.18 bits per heavy atom. The van der Waals surface area contributed by atoms with E-state index in [-0.39, 0.29) is 63.5 Å². The highest BCUT2D eigenvalue weighted by Crippen LogP contribution is 2.83. The first kappa shape index (κ1) is 110. The van der Waals surface area contributed by atoms with Crippen LogP contribution < -0.4 is 18.9 Å². The Labute approximate surface area is 764 Å². The van der Waals surface area contributed by atoms with Crippen molar-refractivity contribution in [1.82, 2.24) is 24.8 Å². The van der Waals surface area contributed by atoms with Gasteiger partial charge in [-0.1, -0.05) is 69.5 Å². The number of aliphatic hydroxyl groups is 4. The lowest BCUT2D eigenvalue weighted by Crippen LogP contribution is -2.38. The number of nitrogens with zero attached hydrogens (tertiary/aromatic N) is 5. The van der Waals surface area contributed by atoms with Crippen molar-refractivity contribution in [2.24, 2.45) is 0 Å². The molecule has 0 aliphatic carbocycles. The van der Waals surface area contributed by atoms with Crippen LogP contribution in [0.1, 0.15) is 158 Å². The quantitative estimate of drug-likeness (QED) is 0.00456. The number of aromatic nitrogens is 4. The highest BCUT2D eigenvalue weighted by atomic mass is 31.3. The van der Waals surface area contributed by atoms with Crippen LogP contribution in [0.5, 0.6) is 23.0 Å². The Morgan fingerprint density at radius 2 is 0.830 bits per heavy atom. The number of methoxy groups -OCH3 is 1. The molecule has 0 bridgehead atoms. The largest absolute Gasteiger partial charge is 0.514 e. The number of pyridine rings is 4. The summed E-state index contributed by atoms with van der Waals surface area (Å²) in [7, 11) is -38.9. The van der Waals surface area contributed by atoms with E-state index >= 15 is 0 Å². The number of rotatable bonds is 26. The summed E-state index contributed by atoms with van der Waals surface area (Å²) in [5.41, 5.74) is -1.58. The molecule has 4 aromatic heterocycles. The Kier molecular flexibility index (Phi) is 36.4. The number of benzene rings is 4. The van der Waals surface area contributed by atoms with Gasteiger partial charge in [-0.25, -0.2) is 36.7 Å². The van der Waals surface area contributed by atoms with Gasteiger partial charge in [0.2, 0.25) is 25.2 Å². The molecule has 135 heavy (non-hydrogen) atoms. The average molecular weight is 2060 g/mol. The number of hydrogen-bond donors (Lipinski definition) is 12. The molecular formula is C78H91F4N5O40P8. The Morgan fingerprint density at radius 1 is 0.452 bits per heavy atom. The van der Waals surface area contributed by atoms with Crippen LogP contribution in [0.4, 0.5) is 31.9 Å². The van der Waals surface area contributed by atoms with Gasteiger partial charge >= 0.3 is 91.1 Å². The topological polar surface area (TPSA) is 658 Å². The van der Waals surface area contributed by atoms with Crippen molar-refractivity contribution >= 4 is 91.1 Å². The van der Waals surface area contributed by atoms with Crippen molar-refractivity contribution in [3.05, 3.63) is 238 Å². The molecule has 4 aliphatic rings. The van der Waals surface area contributed by atoms with Gasteiger partial charge < -0.3 is 97.6 Å². The molecule has 8 aromatic rings. The van der Waals surface area contributed by atoms with Gasteiger partial charge in [0.25, 0.3) is 20.3 Å². The van der Waals surface area contributed by atoms with Crippen LogP contribution in [0.3, 0.4) is 0 Å². The summed E-state index contributed by atoms with van der Waals surface area (Å²) in [5, 5.41) is 29.9. The molecule has 9 unspecified atom stereocenters. The smallest absolute Gasteiger partial charge is 0.465 e. The van der Waals surface area contributed by atoms with Crippen LogP contribution in [0, 0.1) is 30.2 Å². The lowest BCUT2D eigenvalue weighted by Gasteiger charge is -2.41. The lowest BCUT2D eigenvalue weighted by atomic mass is 10.1. The molecular weight excluding hydrogens is 1970 g/mol. The molecule has 9 atom stereocenters. The van der Waals surface area contributed by atoms with Crippen molar-refractivity contribution in [2.45, 2.75) is 157 Å². The Bertz CT molecular complexity index is 5880. The van der Waals surface area contributed by atoms with Gasteiger partial charge in [0.05, 0.1) is 30.4 Å². The zero-order valence-corrected chi connectivity index (χ0v) is 79.2. The zero-order chi connectivity index (χ0) is 100. The predicted octanol–water partition coefficient (Wildman–Crippen LogP) is 14.4. The molecule has 8 heterocycles. The van der Waals surface area contributed by atoms with Gasteiger partial charge in [0.15, 0.2) is 0 Å². The van der Waals surface area contributed by atoms with Crippen LogP contribution >= 0.6 is 60.8 Å². The molecule has 4 aromatic carbocycles. The third-order valence-corrected chi connectivity index (χ3v) is 37.9. The molecule has 45 nitrogen and oxygen atoms in total. The molecule has 1 amide bonds. The summed E-state index contributed by atoms with van der Waals surface area (Å²) >= 11 is 0. The minimum atomic E-state index is -5.47. The molecule has 4 saturated heterocycles. The summed E-state index contributed by atoms with van der Waals surface area (Å²) in [5.74, 6) is -8.88. The van der Waals surface area contributed by atoms with E-state index in [2.05, 4.69) is 31.6 Å². The molecule has 12 N–H and O–H groups in total. The number of esters is 2. The summed E-state index contributed by atoms with van der Waals surface area (Å²) in [6, 6.07) is 21.3. The normalized spacial score (nSPS) is 29.3. The van der Waals surface area contributed by atoms with Crippen LogP contribution in [0.2, 0.25) is 0 Å². The molecule has 57 heteroatoms. The highest BCUT2D eigenvalue weighted by molar-refractivity contribution is 7.75. The standard InChI is InChI=1S/C23H29F2NO10P2.C20H23NO11P2.C18H21NO10P2.C17H18F2N2O9P2/c1-3-4-5-6-8-15(2)33-22(27)34-17-11-18(24)20(19(25)12-17)21-35-37(29,30)23(28,38(31,32)36-21)13-16-9-7-10-26-14-16;1-3-5-17(22)30-16-8-7-14(10-15(16)18(23)29-2)19-31-33(25,26)20(24,34(27,28)32-19)11-13-6-4-9-21-12-13;1-3-26-17(20)27-15-9-12(2)6-7-14(15)16-28-30(22,23)18(21,31(24,25)29-16)10-13-5-4-8-19-11-13;1-21(2)16(22)28-11-6-12(18)14(13(19)7-11)15-29-31(24,25)17(23,32(26,27)30-15)8-10-4-3-5-20-9-10/h7,9-12,14-15,21,28H,3-6,8,13H2,1-2H3,(H,29,30)(H,31,32);4,6-10,12,19,24H,3,5,11H2,1-2H3,(H,25,26)(H,27,28);4-9,11,16,21H,3,10H2,1-2H3,(H,22,23)(H,24,25);3-7,9,15,23H,8H2,1-2H3,(H,24,25)(H,26,27). The van der Waals surface area contributed by atoms with Gasteiger partial charge in [-0.05, 0) is 116 Å². The van der Waals surface area contributed by atoms with Crippen molar-refractivity contribution in [1.29, 1.82) is 0 Å². The van der Waals surface area contributed by atoms with Gasteiger partial charge in [0.1, 0.15) is 57.9 Å². The number of ether oxygens (including phenoxy) is 7. The molecule has 0 saturated carbocycles. The highest BCUT2D eigenvalue weighted by Gasteiger charge is 2.71. The third-order valence-electron chi connectivity index (χ3n) is 19.5. The van der Waals surface area contributed by atoms with Gasteiger partial charge in [-0.3, -0.25) is 97.4 Å². The van der Waals surface area contributed by atoms with Crippen LogP contribution in [0.15, 0.2) is 159 Å². The lowest BCUT2D eigenvalue weighted by molar-refractivity contribution is -0.134. The number of amides is 1. The van der Waals surface area contributed by atoms with Crippen LogP contribution in [-0.4, -0.2) is 169 Å². The maximum absolute atomic E-state index is 14.8. The minimum Gasteiger partial charge on any atom is -0.465 e. The van der Waals surface area contributed by atoms with E-state index in [4.69, 9.17) is 64.6 Å². The predicted molar refractivity (Wildman–Crippen MR) is 455 cm³/mol. The molecule has 12 rings (SSSR count). The Balaban J connectivity index is 0.000000203. The van der Waals surface area contributed by atoms with Crippen molar-refractivity contribution in [3.8, 4) is 23.0 Å². The fraction of sp³-hybridized carbons (Fsp3) is 0.372. The second kappa shape index (κ2) is 44.8. The van der Waals surface area contributed by atoms with E-state index < -0.39 is 214 Å². The summed E-state index contributed by atoms with van der Waals surface area (Å²) in [6.07, 6.45) is -0.257. The van der Waals surface area contributed by atoms with Gasteiger partial charge in [-0.15, -0.1) is 0 Å². The van der Waals surface area contributed by atoms with E-state index in [1.54, 1.807) is 33.8 Å². The third kappa shape index (κ3) is 25.7. The van der Waals surface area contributed by atoms with Crippen LogP contribution in [-0.2, 0) is 117 Å². The SMILES string of the molecule is CCCC(=O)Oc1ccc(C2OP(=O)(O)C(O)(Cc3cccnc3)P(=O)(O)O2)cc1C(=O)OC.CCCCCCC(C)OC(=O)Oc1cc(F)c(C2OP(=O)(O)C(O)(Cc3cccnc3)P(=O)(O)O2)c(F)c1.CCOC(=O)Oc1cc(C)ccc1C1OP(=O)(O)C(O)(Cc2cccnc2)P(=O)(O)O1.CN(C)C(=O)Oc1cc(F)c(C2OP(=O)(O)C(O)(Cc3cccnc3)P(=O)(O)O2)c(F)c1. The number of carbonyl (C=O) groups is 5. The minimum absolute atomic E-state index is 0.0372. The molecule has 0 spiro atoms. The maximum Gasteiger partial charge on any atom is 0.514 e. The second-order valence-electron chi connectivity index (χ2n) is 29.9. The molecule has 0 radical (unpaired) electrons. The van der Waals surface area contributed by atoms with Crippen LogP contribution in [0.25, 0.3) is 0 Å². The van der Waals surface area contributed by atoms with E-state index in [0.717, 1.165) is 50.0 Å². The molecule has 4 fully saturated rings. The molecule has 4 aliphatic heterocycles. The van der Waals surface area contributed by atoms with E-state index in [1.807, 2.05) is 0 Å². The zero-order valence-electron chi connectivity index (χ0n) is 72.0. The van der Waals surface area contributed by atoms with Gasteiger partial charge in [-0.2, -0.15) is 0 Å². The second-order valence-corrected chi connectivity index (χ2v) is 47.2. The van der Waals surface area contributed by atoms with Crippen molar-refractivity contribution in [3.63, 3.8) is 0 Å². The number of carbonyl (C=O) groups excluding carboxylic acids is 5. The average Bonchev–Trinajstić information content (AvgIpc) is 0.742. The number of hydrogen-bond acceptors (Lipinski definition) is 36. The maximum atomic E-state index is 14.8. The monoisotopic (exact) mass is 2060 g/mol. The van der Waals surface area contributed by atoms with Crippen molar-refractivity contribution < 1.29 is 207 Å². The first-order chi connectivity index (χ1) is 63.0. The molecule has 736 valence electrons. The fourth-order valence-corrected chi connectivity index (χ4v) is 26.7. The number of halogens is 4. The number of aryl methyl sites for hydroxylation is 1. The van der Waals surface area contributed by atoms with E-state index in [9.17, 15) is 138 Å². The summed E-state index contributed by atoms with van der Waals surface area (Å²) in [6.45, 7) is 8.76. The first-order valence-electron chi connectivity index (χ1n) is 39.7. The van der Waals surface area contributed by atoms with E-state index in [0.29, 0.717) is 42.7 Å². The first-order valence-corrected chi connectivity index (χ1v) is 52.3. The summed E-state index contributed by atoms with van der Waals surface area (Å²) in [4.78, 5) is 159. The van der Waals surface area contributed by atoms with E-state index in [1.165, 1.54) is 130 Å². The fourth-order valence-electron chi connectivity index (χ4n) is 12.5. The summed E-state index contributed by atoms with van der Waals surface area (Å²) < 4.78 is 235. The van der Waals surface area contributed by atoms with Crippen molar-refractivity contribution in [2.75, 3.05) is 27.8 Å².